The molecule has 4 heterocycles. The summed E-state index contributed by atoms with van der Waals surface area (Å²) in [6, 6.07) is 7.06. The number of aromatic nitrogens is 3. The van der Waals surface area contributed by atoms with E-state index < -0.39 is 5.92 Å². The molecule has 1 saturated carbocycles. The number of carbonyl (C=O) groups is 1. The second-order valence-corrected chi connectivity index (χ2v) is 12.8. The van der Waals surface area contributed by atoms with Crippen molar-refractivity contribution in [2.75, 3.05) is 6.54 Å². The van der Waals surface area contributed by atoms with Crippen LogP contribution in [0.25, 0.3) is 0 Å². The van der Waals surface area contributed by atoms with Crippen molar-refractivity contribution in [3.05, 3.63) is 33.5 Å². The number of carbonyl (C=O) groups excluding carboxylic acids is 1. The van der Waals surface area contributed by atoms with Crippen LogP contribution in [0.1, 0.15) is 111 Å². The Bertz CT molecular complexity index is 1160. The van der Waals surface area contributed by atoms with E-state index in [9.17, 15) is 18.8 Å². The summed E-state index contributed by atoms with van der Waals surface area (Å²) < 4.78 is 29.6. The highest BCUT2D eigenvalue weighted by Crippen LogP contribution is 2.43. The Morgan fingerprint density at radius 1 is 1.16 bits per heavy atom. The molecule has 5 rings (SSSR count). The molecule has 0 radical (unpaired) electrons. The van der Waals surface area contributed by atoms with Gasteiger partial charge in [0.25, 0.3) is 0 Å². The van der Waals surface area contributed by atoms with Crippen LogP contribution in [0.2, 0.25) is 0 Å². The fourth-order valence-electron chi connectivity index (χ4n) is 6.81. The van der Waals surface area contributed by atoms with Crippen LogP contribution in [-0.2, 0) is 4.79 Å². The normalized spacial score (nSPS) is 26.4. The standard InChI is InChI=1S/C28H38F2N6OS/c1-17(2)26-34-33-18(3)36(26)22-14-20-4-5-21(15-22)35(20)13-10-24(25-7-6-23(16-31)38-25)32-27(37)19-8-11-28(29,30)12-9-19/h6-7,17,19-22,24H,4-5,8-15H2,1-3H3,(H,32,37)/t20?,21?,22?,24-/m0/s1. The van der Waals surface area contributed by atoms with Gasteiger partial charge in [-0.15, -0.1) is 21.5 Å². The highest BCUT2D eigenvalue weighted by Gasteiger charge is 2.43. The molecule has 2 aromatic rings. The molecule has 2 unspecified atom stereocenters. The molecule has 38 heavy (non-hydrogen) atoms. The molecular weight excluding hydrogens is 506 g/mol. The van der Waals surface area contributed by atoms with Gasteiger partial charge in [-0.1, -0.05) is 13.8 Å². The van der Waals surface area contributed by atoms with Gasteiger partial charge in [-0.25, -0.2) is 8.78 Å². The van der Waals surface area contributed by atoms with Gasteiger partial charge in [-0.3, -0.25) is 9.69 Å². The average molecular weight is 545 g/mol. The largest absolute Gasteiger partial charge is 0.348 e. The average Bonchev–Trinajstić information content (AvgIpc) is 3.57. The lowest BCUT2D eigenvalue weighted by Gasteiger charge is -2.40. The van der Waals surface area contributed by atoms with Crippen molar-refractivity contribution in [1.82, 2.24) is 25.0 Å². The smallest absolute Gasteiger partial charge is 0.248 e. The number of aryl methyl sites for hydroxylation is 1. The van der Waals surface area contributed by atoms with Gasteiger partial charge in [0, 0.05) is 54.2 Å². The zero-order valence-corrected chi connectivity index (χ0v) is 23.3. The lowest BCUT2D eigenvalue weighted by molar-refractivity contribution is -0.130. The van der Waals surface area contributed by atoms with Crippen LogP contribution in [0.3, 0.4) is 0 Å². The monoisotopic (exact) mass is 544 g/mol. The number of nitriles is 1. The first-order valence-electron chi connectivity index (χ1n) is 14.0. The maximum Gasteiger partial charge on any atom is 0.248 e. The number of halogens is 2. The van der Waals surface area contributed by atoms with E-state index in [1.54, 1.807) is 6.07 Å². The molecule has 1 N–H and O–H groups in total. The van der Waals surface area contributed by atoms with Crippen molar-refractivity contribution in [2.24, 2.45) is 5.92 Å². The van der Waals surface area contributed by atoms with E-state index in [4.69, 9.17) is 0 Å². The Morgan fingerprint density at radius 3 is 2.45 bits per heavy atom. The fraction of sp³-hybridized carbons (Fsp3) is 0.714. The second kappa shape index (κ2) is 11.0. The zero-order valence-electron chi connectivity index (χ0n) is 22.5. The molecule has 0 spiro atoms. The van der Waals surface area contributed by atoms with Gasteiger partial charge in [0.1, 0.15) is 22.6 Å². The molecule has 0 aromatic carbocycles. The Labute approximate surface area is 227 Å². The molecule has 3 aliphatic rings. The number of thiophene rings is 1. The quantitative estimate of drug-likeness (QED) is 0.448. The van der Waals surface area contributed by atoms with Crippen LogP contribution >= 0.6 is 11.3 Å². The van der Waals surface area contributed by atoms with E-state index in [1.165, 1.54) is 24.2 Å². The van der Waals surface area contributed by atoms with E-state index in [0.717, 1.165) is 42.3 Å². The number of rotatable bonds is 8. The van der Waals surface area contributed by atoms with Crippen LogP contribution in [0, 0.1) is 24.2 Å². The summed E-state index contributed by atoms with van der Waals surface area (Å²) in [5.74, 6) is -0.783. The Kier molecular flexibility index (Phi) is 7.88. The van der Waals surface area contributed by atoms with E-state index in [1.807, 2.05) is 13.0 Å². The van der Waals surface area contributed by atoms with Gasteiger partial charge in [0.2, 0.25) is 11.8 Å². The first-order chi connectivity index (χ1) is 18.1. The lowest BCUT2D eigenvalue weighted by Crippen LogP contribution is -2.45. The summed E-state index contributed by atoms with van der Waals surface area (Å²) in [7, 11) is 0. The van der Waals surface area contributed by atoms with Crippen molar-refractivity contribution in [3.63, 3.8) is 0 Å². The molecule has 2 aromatic heterocycles. The number of fused-ring (bicyclic) bond motifs is 2. The molecule has 3 atom stereocenters. The lowest BCUT2D eigenvalue weighted by atomic mass is 9.86. The van der Waals surface area contributed by atoms with Crippen molar-refractivity contribution in [1.29, 1.82) is 5.26 Å². The summed E-state index contributed by atoms with van der Waals surface area (Å²) in [4.78, 5) is 17.3. The minimum atomic E-state index is -2.65. The van der Waals surface area contributed by atoms with Crippen molar-refractivity contribution < 1.29 is 13.6 Å². The van der Waals surface area contributed by atoms with Crippen LogP contribution in [0.5, 0.6) is 0 Å². The van der Waals surface area contributed by atoms with Crippen molar-refractivity contribution in [2.45, 2.75) is 115 Å². The van der Waals surface area contributed by atoms with E-state index in [0.29, 0.717) is 28.9 Å². The van der Waals surface area contributed by atoms with E-state index in [2.05, 4.69) is 44.9 Å². The van der Waals surface area contributed by atoms with Crippen molar-refractivity contribution in [3.8, 4) is 6.07 Å². The van der Waals surface area contributed by atoms with Gasteiger partial charge >= 0.3 is 0 Å². The number of piperidine rings is 1. The van der Waals surface area contributed by atoms with Crippen LogP contribution in [0.4, 0.5) is 8.78 Å². The maximum atomic E-state index is 13.6. The summed E-state index contributed by atoms with van der Waals surface area (Å²) in [6.07, 6.45) is 5.21. The first kappa shape index (κ1) is 27.2. The minimum absolute atomic E-state index is 0.136. The SMILES string of the molecule is Cc1nnc(C(C)C)n1C1CC2CCC(C1)N2CC[C@H](NC(=O)C1CCC(F)(F)CC1)c1ccc(C#N)s1. The van der Waals surface area contributed by atoms with Crippen LogP contribution < -0.4 is 5.32 Å². The molecule has 1 aliphatic carbocycles. The highest BCUT2D eigenvalue weighted by atomic mass is 32.1. The van der Waals surface area contributed by atoms with E-state index in [-0.39, 0.29) is 43.6 Å². The van der Waals surface area contributed by atoms with E-state index >= 15 is 0 Å². The minimum Gasteiger partial charge on any atom is -0.348 e. The zero-order chi connectivity index (χ0) is 27.0. The number of nitrogens with zero attached hydrogens (tertiary/aromatic N) is 5. The Morgan fingerprint density at radius 2 is 1.84 bits per heavy atom. The number of nitrogens with one attached hydrogen (secondary N) is 1. The molecule has 2 bridgehead atoms. The van der Waals surface area contributed by atoms with Gasteiger partial charge < -0.3 is 9.88 Å². The third-order valence-electron chi connectivity index (χ3n) is 8.79. The summed E-state index contributed by atoms with van der Waals surface area (Å²) in [5, 5.41) is 21.4. The summed E-state index contributed by atoms with van der Waals surface area (Å²) in [6.45, 7) is 7.23. The molecule has 7 nitrogen and oxygen atoms in total. The molecule has 206 valence electrons. The Hall–Kier alpha value is -2.38. The first-order valence-corrected chi connectivity index (χ1v) is 14.8. The number of hydrogen-bond acceptors (Lipinski definition) is 6. The van der Waals surface area contributed by atoms with Gasteiger partial charge in [-0.2, -0.15) is 5.26 Å². The molecule has 2 saturated heterocycles. The molecular formula is C28H38F2N6OS. The van der Waals surface area contributed by atoms with Gasteiger partial charge in [-0.05, 0) is 64.0 Å². The number of alkyl halides is 2. The van der Waals surface area contributed by atoms with Crippen molar-refractivity contribution >= 4 is 17.2 Å². The maximum absolute atomic E-state index is 13.6. The fourth-order valence-corrected chi connectivity index (χ4v) is 7.70. The summed E-state index contributed by atoms with van der Waals surface area (Å²) >= 11 is 1.41. The topological polar surface area (TPSA) is 86.8 Å². The molecule has 2 aliphatic heterocycles. The van der Waals surface area contributed by atoms with Crippen LogP contribution in [-0.4, -0.2) is 50.1 Å². The molecule has 10 heteroatoms. The van der Waals surface area contributed by atoms with Gasteiger partial charge in [0.15, 0.2) is 0 Å². The third kappa shape index (κ3) is 5.64. The molecule has 3 fully saturated rings. The molecule has 1 amide bonds. The van der Waals surface area contributed by atoms with Gasteiger partial charge in [0.05, 0.1) is 6.04 Å². The summed E-state index contributed by atoms with van der Waals surface area (Å²) in [5.41, 5.74) is 0. The third-order valence-corrected chi connectivity index (χ3v) is 9.90. The predicted octanol–water partition coefficient (Wildman–Crippen LogP) is 5.88. The van der Waals surface area contributed by atoms with Crippen LogP contribution in [0.15, 0.2) is 12.1 Å². The number of hydrogen-bond donors (Lipinski definition) is 1. The predicted molar refractivity (Wildman–Crippen MR) is 142 cm³/mol. The second-order valence-electron chi connectivity index (χ2n) is 11.7. The Balaban J connectivity index is 1.25. The highest BCUT2D eigenvalue weighted by molar-refractivity contribution is 7.12. The number of amides is 1.